The van der Waals surface area contributed by atoms with Gasteiger partial charge >= 0.3 is 5.97 Å². The van der Waals surface area contributed by atoms with Crippen molar-refractivity contribution in [2.45, 2.75) is 18.9 Å². The number of carboxylic acids is 1. The van der Waals surface area contributed by atoms with E-state index in [0.717, 1.165) is 6.42 Å². The van der Waals surface area contributed by atoms with E-state index >= 15 is 0 Å². The van der Waals surface area contributed by atoms with Gasteiger partial charge in [0.25, 0.3) is 5.91 Å². The first kappa shape index (κ1) is 11.5. The smallest absolute Gasteiger partial charge is 0.335 e. The van der Waals surface area contributed by atoms with Crippen molar-refractivity contribution in [2.24, 2.45) is 0 Å². The highest BCUT2D eigenvalue weighted by molar-refractivity contribution is 5.95. The van der Waals surface area contributed by atoms with Crippen LogP contribution in [-0.4, -0.2) is 34.7 Å². The monoisotopic (exact) mass is 236 g/mol. The summed E-state index contributed by atoms with van der Waals surface area (Å²) in [5.41, 5.74) is 0.0858. The number of carbonyl (C=O) groups is 2. The van der Waals surface area contributed by atoms with E-state index in [1.807, 2.05) is 0 Å². The van der Waals surface area contributed by atoms with Gasteiger partial charge in [-0.05, 0) is 25.0 Å². The molecule has 1 aromatic rings. The Morgan fingerprint density at radius 2 is 2.35 bits per heavy atom. The van der Waals surface area contributed by atoms with Gasteiger partial charge in [-0.1, -0.05) is 0 Å². The number of hydrogen-bond donors (Lipinski definition) is 2. The fraction of sp³-hybridized carbons (Fsp3) is 0.364. The first-order chi connectivity index (χ1) is 8.16. The molecular formula is C11H12N2O4. The summed E-state index contributed by atoms with van der Waals surface area (Å²) in [6.07, 6.45) is 2.44. The molecule has 2 rings (SSSR count). The standard InChI is InChI=1S/C11H12N2O4/c14-10(8-2-1-5-17-8)13-9-6-7(11(15)16)3-4-12-9/h3-4,6,8H,1-2,5H2,(H,15,16)(H,12,13,14)/t8-/m1/s1. The number of anilines is 1. The summed E-state index contributed by atoms with van der Waals surface area (Å²) >= 11 is 0. The van der Waals surface area contributed by atoms with Crippen LogP contribution >= 0.6 is 0 Å². The number of hydrogen-bond acceptors (Lipinski definition) is 4. The summed E-state index contributed by atoms with van der Waals surface area (Å²) in [4.78, 5) is 26.3. The Labute approximate surface area is 97.6 Å². The molecular weight excluding hydrogens is 224 g/mol. The Morgan fingerprint density at radius 1 is 1.53 bits per heavy atom. The second-order valence-electron chi connectivity index (χ2n) is 3.73. The van der Waals surface area contributed by atoms with E-state index in [1.165, 1.54) is 18.3 Å². The number of carbonyl (C=O) groups excluding carboxylic acids is 1. The van der Waals surface area contributed by atoms with Gasteiger partial charge in [-0.15, -0.1) is 0 Å². The molecule has 0 unspecified atom stereocenters. The van der Waals surface area contributed by atoms with Crippen LogP contribution in [0.25, 0.3) is 0 Å². The lowest BCUT2D eigenvalue weighted by atomic mass is 10.2. The van der Waals surface area contributed by atoms with Gasteiger partial charge in [-0.2, -0.15) is 0 Å². The zero-order valence-electron chi connectivity index (χ0n) is 9.05. The molecule has 17 heavy (non-hydrogen) atoms. The average molecular weight is 236 g/mol. The molecule has 2 heterocycles. The van der Waals surface area contributed by atoms with Crippen molar-refractivity contribution in [2.75, 3.05) is 11.9 Å². The molecule has 0 aliphatic carbocycles. The summed E-state index contributed by atoms with van der Waals surface area (Å²) in [7, 11) is 0. The molecule has 1 atom stereocenters. The number of aromatic nitrogens is 1. The minimum absolute atomic E-state index is 0.0858. The Kier molecular flexibility index (Phi) is 3.34. The van der Waals surface area contributed by atoms with Crippen molar-refractivity contribution in [3.63, 3.8) is 0 Å². The van der Waals surface area contributed by atoms with Crippen LogP contribution in [0.15, 0.2) is 18.3 Å². The maximum Gasteiger partial charge on any atom is 0.335 e. The Hall–Kier alpha value is -1.95. The second-order valence-corrected chi connectivity index (χ2v) is 3.73. The number of rotatable bonds is 3. The molecule has 1 saturated heterocycles. The molecule has 0 aromatic carbocycles. The molecule has 0 bridgehead atoms. The van der Waals surface area contributed by atoms with Gasteiger partial charge in [0, 0.05) is 12.8 Å². The highest BCUT2D eigenvalue weighted by atomic mass is 16.5. The SMILES string of the molecule is O=C(O)c1ccnc(NC(=O)[C@H]2CCCO2)c1. The lowest BCUT2D eigenvalue weighted by Gasteiger charge is -2.09. The van der Waals surface area contributed by atoms with Crippen LogP contribution in [0.1, 0.15) is 23.2 Å². The first-order valence-electron chi connectivity index (χ1n) is 5.28. The molecule has 1 amide bonds. The van der Waals surface area contributed by atoms with Crippen molar-refractivity contribution in [3.05, 3.63) is 23.9 Å². The van der Waals surface area contributed by atoms with Gasteiger partial charge in [0.15, 0.2) is 0 Å². The third-order valence-electron chi connectivity index (χ3n) is 2.48. The Bertz CT molecular complexity index is 441. The van der Waals surface area contributed by atoms with E-state index in [4.69, 9.17) is 9.84 Å². The minimum atomic E-state index is -1.06. The Morgan fingerprint density at radius 3 is 3.00 bits per heavy atom. The van der Waals surface area contributed by atoms with Crippen LogP contribution in [0.5, 0.6) is 0 Å². The predicted octanol–water partition coefficient (Wildman–Crippen LogP) is 0.897. The maximum atomic E-state index is 11.7. The maximum absolute atomic E-state index is 11.7. The van der Waals surface area contributed by atoms with Gasteiger partial charge in [-0.3, -0.25) is 4.79 Å². The number of amides is 1. The van der Waals surface area contributed by atoms with Crippen molar-refractivity contribution >= 4 is 17.7 Å². The normalized spacial score (nSPS) is 18.9. The van der Waals surface area contributed by atoms with Crippen LogP contribution in [0.3, 0.4) is 0 Å². The number of aromatic carboxylic acids is 1. The molecule has 1 fully saturated rings. The number of ether oxygens (including phenoxy) is 1. The van der Waals surface area contributed by atoms with Crippen LogP contribution < -0.4 is 5.32 Å². The summed E-state index contributed by atoms with van der Waals surface area (Å²) in [5, 5.41) is 11.3. The molecule has 1 aliphatic rings. The van der Waals surface area contributed by atoms with E-state index < -0.39 is 12.1 Å². The molecule has 1 aromatic heterocycles. The molecule has 1 aliphatic heterocycles. The van der Waals surface area contributed by atoms with E-state index in [2.05, 4.69) is 10.3 Å². The van der Waals surface area contributed by atoms with Crippen LogP contribution in [0, 0.1) is 0 Å². The van der Waals surface area contributed by atoms with Crippen LogP contribution in [0.4, 0.5) is 5.82 Å². The van der Waals surface area contributed by atoms with Gasteiger partial charge in [0.2, 0.25) is 0 Å². The van der Waals surface area contributed by atoms with E-state index in [1.54, 1.807) is 0 Å². The highest BCUT2D eigenvalue weighted by Gasteiger charge is 2.23. The largest absolute Gasteiger partial charge is 0.478 e. The quantitative estimate of drug-likeness (QED) is 0.813. The Balaban J connectivity index is 2.05. The fourth-order valence-electron chi connectivity index (χ4n) is 1.62. The number of nitrogens with zero attached hydrogens (tertiary/aromatic N) is 1. The third-order valence-corrected chi connectivity index (χ3v) is 2.48. The average Bonchev–Trinajstić information content (AvgIpc) is 2.82. The van der Waals surface area contributed by atoms with E-state index in [9.17, 15) is 9.59 Å². The molecule has 6 nitrogen and oxygen atoms in total. The molecule has 2 N–H and O–H groups in total. The summed E-state index contributed by atoms with van der Waals surface area (Å²) < 4.78 is 5.21. The molecule has 0 radical (unpaired) electrons. The van der Waals surface area contributed by atoms with Gasteiger partial charge in [0.05, 0.1) is 5.56 Å². The number of pyridine rings is 1. The van der Waals surface area contributed by atoms with Crippen molar-refractivity contribution in [1.82, 2.24) is 4.98 Å². The lowest BCUT2D eigenvalue weighted by Crippen LogP contribution is -2.27. The van der Waals surface area contributed by atoms with Gasteiger partial charge in [0.1, 0.15) is 11.9 Å². The first-order valence-corrected chi connectivity index (χ1v) is 5.28. The summed E-state index contributed by atoms with van der Waals surface area (Å²) in [6, 6.07) is 2.68. The van der Waals surface area contributed by atoms with E-state index in [-0.39, 0.29) is 17.3 Å². The summed E-state index contributed by atoms with van der Waals surface area (Å²) in [6.45, 7) is 0.584. The zero-order chi connectivity index (χ0) is 12.3. The molecule has 0 saturated carbocycles. The predicted molar refractivity (Wildman–Crippen MR) is 58.8 cm³/mol. The molecule has 0 spiro atoms. The van der Waals surface area contributed by atoms with Crippen LogP contribution in [-0.2, 0) is 9.53 Å². The van der Waals surface area contributed by atoms with Gasteiger partial charge in [-0.25, -0.2) is 9.78 Å². The molecule has 6 heteroatoms. The van der Waals surface area contributed by atoms with Gasteiger partial charge < -0.3 is 15.2 Å². The van der Waals surface area contributed by atoms with Crippen molar-refractivity contribution in [3.8, 4) is 0 Å². The van der Waals surface area contributed by atoms with E-state index in [0.29, 0.717) is 13.0 Å². The third kappa shape index (κ3) is 2.79. The zero-order valence-corrected chi connectivity index (χ0v) is 9.05. The van der Waals surface area contributed by atoms with Crippen molar-refractivity contribution in [1.29, 1.82) is 0 Å². The fourth-order valence-corrected chi connectivity index (χ4v) is 1.62. The van der Waals surface area contributed by atoms with Crippen molar-refractivity contribution < 1.29 is 19.4 Å². The second kappa shape index (κ2) is 4.92. The lowest BCUT2D eigenvalue weighted by molar-refractivity contribution is -0.124. The minimum Gasteiger partial charge on any atom is -0.478 e. The summed E-state index contributed by atoms with van der Waals surface area (Å²) in [5.74, 6) is -1.11. The topological polar surface area (TPSA) is 88.5 Å². The van der Waals surface area contributed by atoms with Crippen LogP contribution in [0.2, 0.25) is 0 Å². The number of carboxylic acid groups (broad SMARTS) is 1. The molecule has 90 valence electrons. The number of nitrogens with one attached hydrogen (secondary N) is 1. The highest BCUT2D eigenvalue weighted by Crippen LogP contribution is 2.14.